The number of fused-ring (bicyclic) bond motifs is 1. The molecule has 4 aromatic rings. The second kappa shape index (κ2) is 9.24. The van der Waals surface area contributed by atoms with Gasteiger partial charge in [-0.3, -0.25) is 14.8 Å². The van der Waals surface area contributed by atoms with Crippen LogP contribution in [0.3, 0.4) is 0 Å². The van der Waals surface area contributed by atoms with Gasteiger partial charge < -0.3 is 10.1 Å². The first-order chi connectivity index (χ1) is 15.7. The minimum Gasteiger partial charge on any atom is -0.379 e. The number of hydrogen-bond donors (Lipinski definition) is 2. The van der Waals surface area contributed by atoms with Crippen molar-refractivity contribution in [1.82, 2.24) is 15.1 Å². The molecule has 0 aliphatic carbocycles. The summed E-state index contributed by atoms with van der Waals surface area (Å²) in [6, 6.07) is 20.3. The molecular weight excluding hydrogens is 420 g/mol. The number of methoxy groups -OCH3 is 1. The Labute approximate surface area is 191 Å². The molecule has 0 bridgehead atoms. The van der Waals surface area contributed by atoms with E-state index in [1.165, 1.54) is 5.56 Å². The average molecular weight is 447 g/mol. The number of hydrogen-bond acceptors (Lipinski definition) is 5. The summed E-state index contributed by atoms with van der Waals surface area (Å²) in [5, 5.41) is 11.8. The van der Waals surface area contributed by atoms with Crippen LogP contribution in [-0.4, -0.2) is 40.7 Å². The summed E-state index contributed by atoms with van der Waals surface area (Å²) in [6.07, 6.45) is 1.92. The zero-order valence-corrected chi connectivity index (χ0v) is 18.8. The summed E-state index contributed by atoms with van der Waals surface area (Å²) >= 11 is 1.67. The van der Waals surface area contributed by atoms with Gasteiger partial charge in [0.25, 0.3) is 0 Å². The number of ether oxygens (including phenoxy) is 1. The fourth-order valence-corrected chi connectivity index (χ4v) is 5.34. The van der Waals surface area contributed by atoms with Gasteiger partial charge in [0.1, 0.15) is 5.69 Å². The highest BCUT2D eigenvalue weighted by Crippen LogP contribution is 2.33. The first kappa shape index (κ1) is 20.9. The molecule has 2 aromatic carbocycles. The summed E-state index contributed by atoms with van der Waals surface area (Å²) in [6.45, 7) is 2.33. The van der Waals surface area contributed by atoms with Gasteiger partial charge in [-0.1, -0.05) is 30.3 Å². The predicted molar refractivity (Wildman–Crippen MR) is 129 cm³/mol. The summed E-state index contributed by atoms with van der Waals surface area (Å²) in [7, 11) is 1.70. The van der Waals surface area contributed by atoms with Crippen molar-refractivity contribution < 1.29 is 9.53 Å². The number of aromatic amines is 1. The van der Waals surface area contributed by atoms with E-state index in [9.17, 15) is 4.79 Å². The molecule has 164 valence electrons. The number of amides is 1. The van der Waals surface area contributed by atoms with Gasteiger partial charge in [-0.25, -0.2) is 0 Å². The van der Waals surface area contributed by atoms with Crippen LogP contribution < -0.4 is 5.32 Å². The van der Waals surface area contributed by atoms with Gasteiger partial charge in [0.05, 0.1) is 23.0 Å². The molecule has 2 N–H and O–H groups in total. The molecule has 32 heavy (non-hydrogen) atoms. The first-order valence-electron chi connectivity index (χ1n) is 10.9. The van der Waals surface area contributed by atoms with E-state index in [2.05, 4.69) is 44.7 Å². The van der Waals surface area contributed by atoms with Gasteiger partial charge in [0.15, 0.2) is 0 Å². The molecule has 5 rings (SSSR count). The third-order valence-electron chi connectivity index (χ3n) is 5.91. The van der Waals surface area contributed by atoms with Crippen LogP contribution in [0.15, 0.2) is 60.7 Å². The molecule has 7 heteroatoms. The molecule has 2 aromatic heterocycles. The topological polar surface area (TPSA) is 70.2 Å². The molecule has 0 saturated carbocycles. The van der Waals surface area contributed by atoms with Crippen molar-refractivity contribution in [2.75, 3.05) is 19.0 Å². The average Bonchev–Trinajstić information content (AvgIpc) is 3.54. The Morgan fingerprint density at radius 3 is 2.94 bits per heavy atom. The molecule has 1 aliphatic heterocycles. The largest absolute Gasteiger partial charge is 0.379 e. The number of carbonyl (C=O) groups excluding carboxylic acids is 1. The second-order valence-electron chi connectivity index (χ2n) is 8.13. The van der Waals surface area contributed by atoms with Crippen molar-refractivity contribution in [3.05, 3.63) is 71.1 Å². The smallest absolute Gasteiger partial charge is 0.241 e. The lowest BCUT2D eigenvalue weighted by Gasteiger charge is -2.23. The highest BCUT2D eigenvalue weighted by atomic mass is 32.1. The number of thiophene rings is 1. The Morgan fingerprint density at radius 1 is 1.22 bits per heavy atom. The van der Waals surface area contributed by atoms with E-state index in [0.29, 0.717) is 6.61 Å². The van der Waals surface area contributed by atoms with E-state index in [4.69, 9.17) is 4.74 Å². The Bertz CT molecular complexity index is 1220. The molecule has 1 fully saturated rings. The third-order valence-corrected chi connectivity index (χ3v) is 6.97. The number of nitrogens with one attached hydrogen (secondary N) is 2. The normalized spacial score (nSPS) is 16.6. The zero-order chi connectivity index (χ0) is 21.9. The molecule has 0 unspecified atom stereocenters. The SMILES string of the molecule is COCc1ccc(-c2n[nH]c3ccc(NC(=O)[C@@H]4CCCN4Cc4ccccc4)cc23)s1. The number of H-pyrrole nitrogens is 1. The first-order valence-corrected chi connectivity index (χ1v) is 11.7. The summed E-state index contributed by atoms with van der Waals surface area (Å²) < 4.78 is 5.23. The van der Waals surface area contributed by atoms with Crippen LogP contribution in [0.5, 0.6) is 0 Å². The van der Waals surface area contributed by atoms with Crippen molar-refractivity contribution in [2.45, 2.75) is 32.0 Å². The lowest BCUT2D eigenvalue weighted by molar-refractivity contribution is -0.120. The quantitative estimate of drug-likeness (QED) is 0.417. The molecule has 1 atom stereocenters. The van der Waals surface area contributed by atoms with Crippen molar-refractivity contribution in [3.8, 4) is 10.6 Å². The summed E-state index contributed by atoms with van der Waals surface area (Å²) in [5.74, 6) is 0.0568. The van der Waals surface area contributed by atoms with E-state index in [-0.39, 0.29) is 11.9 Å². The molecular formula is C25H26N4O2S. The van der Waals surface area contributed by atoms with E-state index in [1.807, 2.05) is 36.4 Å². The number of aromatic nitrogens is 2. The van der Waals surface area contributed by atoms with Crippen LogP contribution in [0.2, 0.25) is 0 Å². The number of rotatable bonds is 7. The molecule has 3 heterocycles. The van der Waals surface area contributed by atoms with Crippen molar-refractivity contribution >= 4 is 33.8 Å². The Balaban J connectivity index is 1.34. The van der Waals surface area contributed by atoms with Gasteiger partial charge in [-0.15, -0.1) is 11.3 Å². The molecule has 1 aliphatic rings. The van der Waals surface area contributed by atoms with Crippen molar-refractivity contribution in [2.24, 2.45) is 0 Å². The monoisotopic (exact) mass is 446 g/mol. The van der Waals surface area contributed by atoms with Gasteiger partial charge >= 0.3 is 0 Å². The number of nitrogens with zero attached hydrogens (tertiary/aromatic N) is 2. The van der Waals surface area contributed by atoms with Crippen LogP contribution in [0.1, 0.15) is 23.3 Å². The maximum atomic E-state index is 13.1. The predicted octanol–water partition coefficient (Wildman–Crippen LogP) is 5.04. The maximum absolute atomic E-state index is 13.1. The zero-order valence-electron chi connectivity index (χ0n) is 18.0. The molecule has 1 amide bonds. The standard InChI is InChI=1S/C25H26N4O2S/c1-31-16-19-10-12-23(32-19)24-20-14-18(9-11-21(20)27-28-24)26-25(30)22-8-5-13-29(22)15-17-6-3-2-4-7-17/h2-4,6-7,9-12,14,22H,5,8,13,15-16H2,1H3,(H,26,30)(H,27,28)/t22-/m0/s1. The van der Waals surface area contributed by atoms with Gasteiger partial charge in [-0.05, 0) is 55.3 Å². The molecule has 6 nitrogen and oxygen atoms in total. The minimum atomic E-state index is -0.108. The van der Waals surface area contributed by atoms with Gasteiger partial charge in [0, 0.05) is 29.6 Å². The molecule has 0 radical (unpaired) electrons. The second-order valence-corrected chi connectivity index (χ2v) is 9.30. The number of carbonyl (C=O) groups is 1. The van der Waals surface area contributed by atoms with Crippen LogP contribution >= 0.6 is 11.3 Å². The lowest BCUT2D eigenvalue weighted by atomic mass is 10.1. The number of likely N-dealkylation sites (tertiary alicyclic amines) is 1. The fourth-order valence-electron chi connectivity index (χ4n) is 4.36. The van der Waals surface area contributed by atoms with Crippen LogP contribution in [-0.2, 0) is 22.7 Å². The van der Waals surface area contributed by atoms with Gasteiger partial charge in [0.2, 0.25) is 5.91 Å². The van der Waals surface area contributed by atoms with E-state index >= 15 is 0 Å². The summed E-state index contributed by atoms with van der Waals surface area (Å²) in [5.41, 5.74) is 3.88. The summed E-state index contributed by atoms with van der Waals surface area (Å²) in [4.78, 5) is 17.6. The molecule has 0 spiro atoms. The van der Waals surface area contributed by atoms with Crippen LogP contribution in [0, 0.1) is 0 Å². The van der Waals surface area contributed by atoms with Crippen LogP contribution in [0.25, 0.3) is 21.5 Å². The van der Waals surface area contributed by atoms with Gasteiger partial charge in [-0.2, -0.15) is 5.10 Å². The van der Waals surface area contributed by atoms with Crippen molar-refractivity contribution in [1.29, 1.82) is 0 Å². The van der Waals surface area contributed by atoms with E-state index in [1.54, 1.807) is 18.4 Å². The number of benzene rings is 2. The minimum absolute atomic E-state index is 0.0568. The van der Waals surface area contributed by atoms with E-state index in [0.717, 1.165) is 58.0 Å². The highest BCUT2D eigenvalue weighted by molar-refractivity contribution is 7.15. The van der Waals surface area contributed by atoms with Crippen molar-refractivity contribution in [3.63, 3.8) is 0 Å². The molecule has 1 saturated heterocycles. The Morgan fingerprint density at radius 2 is 2.09 bits per heavy atom. The Kier molecular flexibility index (Phi) is 6.03. The fraction of sp³-hybridized carbons (Fsp3) is 0.280. The highest BCUT2D eigenvalue weighted by Gasteiger charge is 2.30. The van der Waals surface area contributed by atoms with E-state index < -0.39 is 0 Å². The number of anilines is 1. The van der Waals surface area contributed by atoms with Crippen LogP contribution in [0.4, 0.5) is 5.69 Å². The Hall–Kier alpha value is -3.00. The maximum Gasteiger partial charge on any atom is 0.241 e. The lowest BCUT2D eigenvalue weighted by Crippen LogP contribution is -2.39. The third kappa shape index (κ3) is 4.32.